The number of methoxy groups -OCH3 is 1. The van der Waals surface area contributed by atoms with Crippen molar-refractivity contribution >= 4 is 22.8 Å². The normalized spacial score (nSPS) is 10.9. The average Bonchev–Trinajstić information content (AvgIpc) is 2.78. The van der Waals surface area contributed by atoms with Gasteiger partial charge in [0.1, 0.15) is 5.82 Å². The maximum atomic E-state index is 8.89. The van der Waals surface area contributed by atoms with Crippen molar-refractivity contribution in [2.75, 3.05) is 44.0 Å². The Hall–Kier alpha value is -1.93. The predicted molar refractivity (Wildman–Crippen MR) is 72.2 cm³/mol. The number of rotatable bonds is 7. The smallest absolute Gasteiger partial charge is 0.226 e. The third-order valence-corrected chi connectivity index (χ3v) is 2.59. The van der Waals surface area contributed by atoms with Crippen LogP contribution in [0.5, 0.6) is 0 Å². The molecule has 0 fully saturated rings. The van der Waals surface area contributed by atoms with E-state index in [1.165, 1.54) is 0 Å². The lowest BCUT2D eigenvalue weighted by molar-refractivity contribution is 0.210. The molecule has 0 saturated carbocycles. The molecule has 0 aromatic carbocycles. The predicted octanol–water partition coefficient (Wildman–Crippen LogP) is -0.174. The largest absolute Gasteiger partial charge is 0.395 e. The van der Waals surface area contributed by atoms with Gasteiger partial charge in [-0.2, -0.15) is 15.1 Å². The van der Waals surface area contributed by atoms with Crippen molar-refractivity contribution in [3.63, 3.8) is 0 Å². The molecule has 0 radical (unpaired) electrons. The van der Waals surface area contributed by atoms with Gasteiger partial charge in [0.2, 0.25) is 5.95 Å². The Morgan fingerprint density at radius 2 is 2.16 bits per heavy atom. The van der Waals surface area contributed by atoms with E-state index < -0.39 is 0 Å². The van der Waals surface area contributed by atoms with Crippen LogP contribution in [0.25, 0.3) is 11.0 Å². The summed E-state index contributed by atoms with van der Waals surface area (Å²) in [5.41, 5.74) is 0.732. The number of aliphatic hydroxyl groups is 1. The summed E-state index contributed by atoms with van der Waals surface area (Å²) in [5.74, 6) is 1.17. The van der Waals surface area contributed by atoms with E-state index in [4.69, 9.17) is 9.84 Å². The molecule has 2 aromatic rings. The molecule has 0 aliphatic rings. The molecule has 0 atom stereocenters. The summed E-state index contributed by atoms with van der Waals surface area (Å²) in [6.45, 7) is 1.67. The fourth-order valence-corrected chi connectivity index (χ4v) is 1.68. The molecular formula is C11H18N6O2. The number of ether oxygens (including phenoxy) is 1. The van der Waals surface area contributed by atoms with Crippen LogP contribution < -0.4 is 10.6 Å². The number of fused-ring (bicyclic) bond motifs is 1. The number of nitrogens with zero attached hydrogens (tertiary/aromatic N) is 4. The Morgan fingerprint density at radius 3 is 2.89 bits per heavy atom. The Balaban J connectivity index is 2.28. The fourth-order valence-electron chi connectivity index (χ4n) is 1.68. The minimum atomic E-state index is 0.0399. The van der Waals surface area contributed by atoms with Crippen LogP contribution >= 0.6 is 0 Å². The highest BCUT2D eigenvalue weighted by molar-refractivity contribution is 5.87. The quantitative estimate of drug-likeness (QED) is 0.598. The van der Waals surface area contributed by atoms with Gasteiger partial charge in [0.25, 0.3) is 0 Å². The highest BCUT2D eigenvalue weighted by Crippen LogP contribution is 2.20. The summed E-state index contributed by atoms with van der Waals surface area (Å²) >= 11 is 0. The van der Waals surface area contributed by atoms with Crippen molar-refractivity contribution in [2.24, 2.45) is 7.05 Å². The molecular weight excluding hydrogens is 248 g/mol. The molecule has 2 aromatic heterocycles. The SMILES string of the molecule is COCCNc1nc(NCCO)c2cnn(C)c2n1. The first-order valence-corrected chi connectivity index (χ1v) is 6.03. The molecule has 0 aliphatic heterocycles. The fraction of sp³-hybridized carbons (Fsp3) is 0.545. The first-order chi connectivity index (χ1) is 9.26. The second kappa shape index (κ2) is 6.30. The van der Waals surface area contributed by atoms with E-state index in [0.717, 1.165) is 11.0 Å². The van der Waals surface area contributed by atoms with E-state index in [0.29, 0.717) is 31.5 Å². The van der Waals surface area contributed by atoms with Crippen LogP contribution in [-0.2, 0) is 11.8 Å². The van der Waals surface area contributed by atoms with E-state index >= 15 is 0 Å². The lowest BCUT2D eigenvalue weighted by atomic mass is 10.4. The first kappa shape index (κ1) is 13.5. The zero-order valence-electron chi connectivity index (χ0n) is 11.1. The van der Waals surface area contributed by atoms with Gasteiger partial charge in [-0.1, -0.05) is 0 Å². The lowest BCUT2D eigenvalue weighted by Crippen LogP contribution is -2.13. The van der Waals surface area contributed by atoms with Crippen molar-refractivity contribution < 1.29 is 9.84 Å². The number of nitrogens with one attached hydrogen (secondary N) is 2. The van der Waals surface area contributed by atoms with Crippen molar-refractivity contribution in [1.29, 1.82) is 0 Å². The summed E-state index contributed by atoms with van der Waals surface area (Å²) in [7, 11) is 3.46. The maximum Gasteiger partial charge on any atom is 0.226 e. The minimum absolute atomic E-state index is 0.0399. The molecule has 0 amide bonds. The van der Waals surface area contributed by atoms with Crippen molar-refractivity contribution in [2.45, 2.75) is 0 Å². The average molecular weight is 266 g/mol. The van der Waals surface area contributed by atoms with Crippen molar-refractivity contribution in [3.05, 3.63) is 6.20 Å². The molecule has 0 aliphatic carbocycles. The second-order valence-corrected chi connectivity index (χ2v) is 3.97. The van der Waals surface area contributed by atoms with Gasteiger partial charge in [-0.05, 0) is 0 Å². The number of aromatic nitrogens is 4. The third-order valence-electron chi connectivity index (χ3n) is 2.59. The zero-order valence-corrected chi connectivity index (χ0v) is 11.1. The number of anilines is 2. The van der Waals surface area contributed by atoms with Gasteiger partial charge in [0.15, 0.2) is 5.65 Å². The Labute approximate surface area is 110 Å². The number of hydrogen-bond acceptors (Lipinski definition) is 7. The van der Waals surface area contributed by atoms with Crippen LogP contribution in [0.4, 0.5) is 11.8 Å². The van der Waals surface area contributed by atoms with Crippen LogP contribution in [-0.4, -0.2) is 58.3 Å². The van der Waals surface area contributed by atoms with Gasteiger partial charge in [-0.15, -0.1) is 0 Å². The van der Waals surface area contributed by atoms with Gasteiger partial charge in [0, 0.05) is 27.2 Å². The van der Waals surface area contributed by atoms with Crippen molar-refractivity contribution in [3.8, 4) is 0 Å². The molecule has 104 valence electrons. The molecule has 0 bridgehead atoms. The van der Waals surface area contributed by atoms with Gasteiger partial charge in [-0.25, -0.2) is 0 Å². The highest BCUT2D eigenvalue weighted by Gasteiger charge is 2.10. The lowest BCUT2D eigenvalue weighted by Gasteiger charge is -2.09. The summed E-state index contributed by atoms with van der Waals surface area (Å²) in [4.78, 5) is 8.77. The van der Waals surface area contributed by atoms with Gasteiger partial charge in [-0.3, -0.25) is 4.68 Å². The molecule has 2 rings (SSSR count). The maximum absolute atomic E-state index is 8.89. The first-order valence-electron chi connectivity index (χ1n) is 6.03. The highest BCUT2D eigenvalue weighted by atomic mass is 16.5. The van der Waals surface area contributed by atoms with E-state index in [1.807, 2.05) is 7.05 Å². The third kappa shape index (κ3) is 3.09. The van der Waals surface area contributed by atoms with Crippen LogP contribution in [0, 0.1) is 0 Å². The van der Waals surface area contributed by atoms with E-state index in [2.05, 4.69) is 25.7 Å². The number of aliphatic hydroxyl groups excluding tert-OH is 1. The second-order valence-electron chi connectivity index (χ2n) is 3.97. The zero-order chi connectivity index (χ0) is 13.7. The van der Waals surface area contributed by atoms with Crippen LogP contribution in [0.15, 0.2) is 6.20 Å². The Morgan fingerprint density at radius 1 is 1.32 bits per heavy atom. The molecule has 0 unspecified atom stereocenters. The van der Waals surface area contributed by atoms with Gasteiger partial charge in [0.05, 0.1) is 24.8 Å². The molecule has 8 nitrogen and oxygen atoms in total. The monoisotopic (exact) mass is 266 g/mol. The van der Waals surface area contributed by atoms with Crippen LogP contribution in [0.1, 0.15) is 0 Å². The number of hydrogen-bond donors (Lipinski definition) is 3. The van der Waals surface area contributed by atoms with Crippen molar-refractivity contribution in [1.82, 2.24) is 19.7 Å². The van der Waals surface area contributed by atoms with Gasteiger partial charge < -0.3 is 20.5 Å². The standard InChI is InChI=1S/C11H18N6O2/c1-17-10-8(7-14-17)9(12-3-5-18)15-11(16-10)13-4-6-19-2/h7,18H,3-6H2,1-2H3,(H2,12,13,15,16). The van der Waals surface area contributed by atoms with Crippen LogP contribution in [0.3, 0.4) is 0 Å². The minimum Gasteiger partial charge on any atom is -0.395 e. The molecule has 3 N–H and O–H groups in total. The summed E-state index contributed by atoms with van der Waals surface area (Å²) < 4.78 is 6.65. The van der Waals surface area contributed by atoms with Gasteiger partial charge >= 0.3 is 0 Å². The summed E-state index contributed by atoms with van der Waals surface area (Å²) in [6.07, 6.45) is 1.70. The summed E-state index contributed by atoms with van der Waals surface area (Å²) in [5, 5.41) is 20.0. The van der Waals surface area contributed by atoms with E-state index in [9.17, 15) is 0 Å². The molecule has 2 heterocycles. The van der Waals surface area contributed by atoms with E-state index in [-0.39, 0.29) is 6.61 Å². The Kier molecular flexibility index (Phi) is 4.48. The topological polar surface area (TPSA) is 97.1 Å². The molecule has 0 saturated heterocycles. The molecule has 19 heavy (non-hydrogen) atoms. The van der Waals surface area contributed by atoms with E-state index in [1.54, 1.807) is 18.0 Å². The molecule has 0 spiro atoms. The summed E-state index contributed by atoms with van der Waals surface area (Å²) in [6, 6.07) is 0. The number of aryl methyl sites for hydroxylation is 1. The van der Waals surface area contributed by atoms with Crippen LogP contribution in [0.2, 0.25) is 0 Å². The molecule has 8 heteroatoms. The Bertz CT molecular complexity index is 541.